The fourth-order valence-electron chi connectivity index (χ4n) is 2.40. The van der Waals surface area contributed by atoms with Crippen molar-refractivity contribution in [2.75, 3.05) is 7.11 Å². The van der Waals surface area contributed by atoms with Crippen molar-refractivity contribution in [1.82, 2.24) is 0 Å². The Balaban J connectivity index is 3.08. The Morgan fingerprint density at radius 1 is 1.33 bits per heavy atom. The van der Waals surface area contributed by atoms with E-state index in [9.17, 15) is 4.79 Å². The number of carbonyl (C=O) groups excluding carboxylic acids is 1. The highest BCUT2D eigenvalue weighted by Gasteiger charge is 2.43. The average molecular weight is 421 g/mol. The number of hydrogen-bond acceptors (Lipinski definition) is 4. The third-order valence-electron chi connectivity index (χ3n) is 5.04. The second kappa shape index (κ2) is 8.97. The van der Waals surface area contributed by atoms with Crippen LogP contribution in [0.15, 0.2) is 12.2 Å². The van der Waals surface area contributed by atoms with E-state index in [2.05, 4.69) is 68.9 Å². The minimum absolute atomic E-state index is 0.0684. The normalized spacial score (nSPS) is 28.6. The van der Waals surface area contributed by atoms with Crippen LogP contribution in [0.25, 0.3) is 0 Å². The molecule has 0 aliphatic carbocycles. The summed E-state index contributed by atoms with van der Waals surface area (Å²) in [4.78, 5) is 12.6. The number of hydrogen-bond donors (Lipinski definition) is 0. The first-order chi connectivity index (χ1) is 11.0. The van der Waals surface area contributed by atoms with Gasteiger partial charge in [-0.15, -0.1) is 0 Å². The van der Waals surface area contributed by atoms with Gasteiger partial charge in [0.25, 0.3) is 0 Å². The number of methoxy groups -OCH3 is 1. The highest BCUT2D eigenvalue weighted by atomic mass is 79.9. The van der Waals surface area contributed by atoms with Gasteiger partial charge in [0.15, 0.2) is 14.4 Å². The Kier molecular flexibility index (Phi) is 8.17. The molecule has 4 nitrogen and oxygen atoms in total. The predicted molar refractivity (Wildman–Crippen MR) is 104 cm³/mol. The molecule has 0 N–H and O–H groups in total. The highest BCUT2D eigenvalue weighted by Crippen LogP contribution is 2.39. The van der Waals surface area contributed by atoms with Gasteiger partial charge in [-0.25, -0.2) is 4.79 Å². The van der Waals surface area contributed by atoms with E-state index >= 15 is 0 Å². The molecule has 6 heteroatoms. The zero-order valence-electron chi connectivity index (χ0n) is 16.1. The van der Waals surface area contributed by atoms with Gasteiger partial charge in [0, 0.05) is 4.83 Å². The van der Waals surface area contributed by atoms with Crippen LogP contribution < -0.4 is 0 Å². The first-order valence-electron chi connectivity index (χ1n) is 8.73. The van der Waals surface area contributed by atoms with E-state index in [1.165, 1.54) is 7.11 Å². The van der Waals surface area contributed by atoms with Crippen LogP contribution in [0.2, 0.25) is 18.1 Å². The van der Waals surface area contributed by atoms with Crippen molar-refractivity contribution < 1.29 is 18.7 Å². The number of esters is 1. The molecule has 0 amide bonds. The molecule has 24 heavy (non-hydrogen) atoms. The largest absolute Gasteiger partial charge is 0.467 e. The maximum absolute atomic E-state index is 12.4. The van der Waals surface area contributed by atoms with Crippen molar-refractivity contribution >= 4 is 30.2 Å². The SMILES string of the molecule is CC[C@H](Br)[C@H]1C/C=C\C[C@H](O[Si](C)(C)C(C)(C)C)[C@H](C(=O)OC)O1. The Bertz CT molecular complexity index is 445. The fourth-order valence-corrected chi connectivity index (χ4v) is 4.07. The summed E-state index contributed by atoms with van der Waals surface area (Å²) in [6.45, 7) is 13.1. The number of carbonyl (C=O) groups is 1. The zero-order chi connectivity index (χ0) is 18.5. The van der Waals surface area contributed by atoms with Crippen LogP contribution in [0, 0.1) is 0 Å². The summed E-state index contributed by atoms with van der Waals surface area (Å²) >= 11 is 3.67. The third kappa shape index (κ3) is 5.68. The van der Waals surface area contributed by atoms with E-state index in [-0.39, 0.29) is 28.0 Å². The van der Waals surface area contributed by atoms with Crippen LogP contribution >= 0.6 is 15.9 Å². The summed E-state index contributed by atoms with van der Waals surface area (Å²) in [5, 5.41) is 0.0700. The molecule has 1 rings (SSSR count). The van der Waals surface area contributed by atoms with Crippen molar-refractivity contribution in [2.45, 2.75) is 88.2 Å². The van der Waals surface area contributed by atoms with Crippen LogP contribution in [0.5, 0.6) is 0 Å². The van der Waals surface area contributed by atoms with Crippen molar-refractivity contribution in [3.05, 3.63) is 12.2 Å². The van der Waals surface area contributed by atoms with Crippen molar-refractivity contribution in [2.24, 2.45) is 0 Å². The quantitative estimate of drug-likeness (QED) is 0.276. The van der Waals surface area contributed by atoms with Gasteiger partial charge in [0.05, 0.1) is 19.3 Å². The topological polar surface area (TPSA) is 44.8 Å². The van der Waals surface area contributed by atoms with E-state index < -0.39 is 14.4 Å². The van der Waals surface area contributed by atoms with Gasteiger partial charge >= 0.3 is 5.97 Å². The maximum Gasteiger partial charge on any atom is 0.337 e. The minimum atomic E-state index is -2.02. The Morgan fingerprint density at radius 2 is 1.92 bits per heavy atom. The Morgan fingerprint density at radius 3 is 2.42 bits per heavy atom. The molecule has 0 saturated heterocycles. The number of halogens is 1. The summed E-state index contributed by atoms with van der Waals surface area (Å²) in [5.74, 6) is -0.352. The molecule has 1 aliphatic heterocycles. The number of ether oxygens (including phenoxy) is 2. The lowest BCUT2D eigenvalue weighted by Gasteiger charge is -2.41. The van der Waals surface area contributed by atoms with E-state index in [1.807, 2.05) is 0 Å². The predicted octanol–water partition coefficient (Wildman–Crippen LogP) is 4.83. The lowest BCUT2D eigenvalue weighted by atomic mass is 10.0. The standard InChI is InChI=1S/C18H33BrO4Si/c1-8-13(19)14-11-9-10-12-15(16(22-14)17(20)21-5)23-24(6,7)18(2,3)4/h9-10,13-16H,8,11-12H2,1-7H3/b10-9-/t13-,14+,15-,16+/m0/s1. The van der Waals surface area contributed by atoms with Gasteiger partial charge in [0.1, 0.15) is 0 Å². The minimum Gasteiger partial charge on any atom is -0.467 e. The fraction of sp³-hybridized carbons (Fsp3) is 0.833. The average Bonchev–Trinajstić information content (AvgIpc) is 2.48. The van der Waals surface area contributed by atoms with Crippen molar-refractivity contribution in [1.29, 1.82) is 0 Å². The lowest BCUT2D eigenvalue weighted by Crippen LogP contribution is -2.51. The van der Waals surface area contributed by atoms with E-state index in [4.69, 9.17) is 13.9 Å². The van der Waals surface area contributed by atoms with Gasteiger partial charge in [-0.05, 0) is 37.4 Å². The molecule has 0 radical (unpaired) electrons. The molecule has 0 aromatic carbocycles. The maximum atomic E-state index is 12.4. The van der Waals surface area contributed by atoms with Gasteiger partial charge < -0.3 is 13.9 Å². The molecule has 0 aromatic rings. The summed E-state index contributed by atoms with van der Waals surface area (Å²) in [7, 11) is -0.616. The van der Waals surface area contributed by atoms with Gasteiger partial charge in [-0.1, -0.05) is 55.8 Å². The van der Waals surface area contributed by atoms with Crippen molar-refractivity contribution in [3.63, 3.8) is 0 Å². The highest BCUT2D eigenvalue weighted by molar-refractivity contribution is 9.09. The number of rotatable bonds is 5. The first-order valence-corrected chi connectivity index (χ1v) is 12.6. The lowest BCUT2D eigenvalue weighted by molar-refractivity contribution is -0.167. The van der Waals surface area contributed by atoms with Crippen LogP contribution in [0.3, 0.4) is 0 Å². The summed E-state index contributed by atoms with van der Waals surface area (Å²) in [6.07, 6.45) is 5.55. The van der Waals surface area contributed by atoms with E-state index in [1.54, 1.807) is 0 Å². The second-order valence-electron chi connectivity index (χ2n) is 7.90. The molecule has 4 atom stereocenters. The van der Waals surface area contributed by atoms with E-state index in [0.29, 0.717) is 6.42 Å². The molecule has 1 aliphatic rings. The summed E-state index contributed by atoms with van der Waals surface area (Å²) in [5.41, 5.74) is 0. The Hall–Kier alpha value is -0.173. The van der Waals surface area contributed by atoms with Gasteiger partial charge in [0.2, 0.25) is 0 Å². The summed E-state index contributed by atoms with van der Waals surface area (Å²) < 4.78 is 17.7. The third-order valence-corrected chi connectivity index (χ3v) is 10.8. The van der Waals surface area contributed by atoms with Crippen LogP contribution in [-0.4, -0.2) is 44.5 Å². The molecule has 140 valence electrons. The van der Waals surface area contributed by atoms with E-state index in [0.717, 1.165) is 12.8 Å². The molecule has 0 spiro atoms. The Labute approximate surface area is 156 Å². The molecule has 0 saturated carbocycles. The van der Waals surface area contributed by atoms with Crippen molar-refractivity contribution in [3.8, 4) is 0 Å². The van der Waals surface area contributed by atoms with Crippen LogP contribution in [-0.2, 0) is 18.7 Å². The summed E-state index contributed by atoms with van der Waals surface area (Å²) in [6, 6.07) is 0. The van der Waals surface area contributed by atoms with Gasteiger partial charge in [-0.2, -0.15) is 0 Å². The monoisotopic (exact) mass is 420 g/mol. The van der Waals surface area contributed by atoms with Crippen LogP contribution in [0.1, 0.15) is 47.0 Å². The second-order valence-corrected chi connectivity index (χ2v) is 13.8. The molecule has 0 bridgehead atoms. The first kappa shape index (κ1) is 21.9. The molecular formula is C18H33BrO4Si. The zero-order valence-corrected chi connectivity index (χ0v) is 18.7. The molecule has 0 fully saturated rings. The smallest absolute Gasteiger partial charge is 0.337 e. The molecular weight excluding hydrogens is 388 g/mol. The molecule has 1 heterocycles. The molecule has 0 aromatic heterocycles. The van der Waals surface area contributed by atoms with Crippen LogP contribution in [0.4, 0.5) is 0 Å². The van der Waals surface area contributed by atoms with Gasteiger partial charge in [-0.3, -0.25) is 0 Å². The number of alkyl halides is 1. The molecule has 0 unspecified atom stereocenters.